The van der Waals surface area contributed by atoms with E-state index < -0.39 is 40.9 Å². The number of aromatic nitrogens is 2. The number of nitrogens with zero attached hydrogens (tertiary/aromatic N) is 3. The van der Waals surface area contributed by atoms with Crippen molar-refractivity contribution in [2.75, 3.05) is 5.32 Å². The molecular formula is C25H24N4O8. The number of Topliss-reactive ketones (excluding diaryl/α,β-unsaturated/α-hetero) is 1. The van der Waals surface area contributed by atoms with Gasteiger partial charge in [-0.2, -0.15) is 4.98 Å². The Labute approximate surface area is 210 Å². The molecule has 0 radical (unpaired) electrons. The Morgan fingerprint density at radius 2 is 1.86 bits per heavy atom. The van der Waals surface area contributed by atoms with E-state index in [1.165, 1.54) is 24.4 Å². The van der Waals surface area contributed by atoms with Crippen molar-refractivity contribution in [3.8, 4) is 0 Å². The molecule has 1 unspecified atom stereocenters. The lowest BCUT2D eigenvalue weighted by molar-refractivity contribution is -0.384. The highest BCUT2D eigenvalue weighted by molar-refractivity contribution is 6.00. The first kappa shape index (κ1) is 25.8. The molecule has 192 valence electrons. The maximum Gasteiger partial charge on any atom is 0.351 e. The van der Waals surface area contributed by atoms with Crippen LogP contribution in [-0.2, 0) is 16.0 Å². The molecule has 1 amide bonds. The largest absolute Gasteiger partial charge is 0.390 e. The number of carbonyl (C=O) groups is 2. The van der Waals surface area contributed by atoms with Gasteiger partial charge in [-0.15, -0.1) is 0 Å². The maximum absolute atomic E-state index is 12.6. The molecule has 1 aromatic heterocycles. The lowest BCUT2D eigenvalue weighted by atomic mass is 9.99. The highest BCUT2D eigenvalue weighted by Gasteiger charge is 2.42. The Bertz CT molecular complexity index is 1340. The third-order valence-electron chi connectivity index (χ3n) is 5.97. The van der Waals surface area contributed by atoms with Gasteiger partial charge in [0, 0.05) is 36.7 Å². The van der Waals surface area contributed by atoms with Crippen LogP contribution in [0.25, 0.3) is 0 Å². The molecule has 0 bridgehead atoms. The van der Waals surface area contributed by atoms with Crippen molar-refractivity contribution in [3.63, 3.8) is 0 Å². The number of amides is 1. The summed E-state index contributed by atoms with van der Waals surface area (Å²) in [5, 5.41) is 34.3. The fourth-order valence-corrected chi connectivity index (χ4v) is 4.01. The molecule has 12 nitrogen and oxygen atoms in total. The topological polar surface area (TPSA) is 174 Å². The van der Waals surface area contributed by atoms with Crippen LogP contribution in [0.2, 0.25) is 0 Å². The van der Waals surface area contributed by atoms with Crippen molar-refractivity contribution in [2.45, 2.75) is 43.8 Å². The Morgan fingerprint density at radius 3 is 2.51 bits per heavy atom. The number of benzene rings is 2. The molecule has 1 aliphatic rings. The van der Waals surface area contributed by atoms with Crippen LogP contribution < -0.4 is 11.0 Å². The lowest BCUT2D eigenvalue weighted by Gasteiger charge is -2.20. The Kier molecular flexibility index (Phi) is 7.82. The first-order valence-electron chi connectivity index (χ1n) is 11.5. The molecule has 3 N–H and O–H groups in total. The van der Waals surface area contributed by atoms with Gasteiger partial charge in [-0.25, -0.2) is 4.79 Å². The Balaban J connectivity index is 1.37. The highest BCUT2D eigenvalue weighted by Crippen LogP contribution is 2.31. The summed E-state index contributed by atoms with van der Waals surface area (Å²) in [7, 11) is 0. The van der Waals surface area contributed by atoms with E-state index in [0.717, 1.165) is 22.3 Å². The summed E-state index contributed by atoms with van der Waals surface area (Å²) in [4.78, 5) is 51.4. The van der Waals surface area contributed by atoms with Gasteiger partial charge in [0.05, 0.1) is 11.0 Å². The quantitative estimate of drug-likeness (QED) is 0.220. The molecule has 2 heterocycles. The van der Waals surface area contributed by atoms with E-state index in [9.17, 15) is 34.7 Å². The van der Waals surface area contributed by atoms with Crippen molar-refractivity contribution in [1.29, 1.82) is 0 Å². The summed E-state index contributed by atoms with van der Waals surface area (Å²) in [5.41, 5.74) is 0.0335. The number of ether oxygens (including phenoxy) is 1. The molecule has 2 aromatic carbocycles. The number of nitro groups is 1. The van der Waals surface area contributed by atoms with E-state index in [1.807, 2.05) is 30.3 Å². The van der Waals surface area contributed by atoms with E-state index in [4.69, 9.17) is 4.74 Å². The number of aryl methyl sites for hydroxylation is 1. The van der Waals surface area contributed by atoms with Crippen molar-refractivity contribution >= 4 is 23.2 Å². The van der Waals surface area contributed by atoms with Gasteiger partial charge in [-0.3, -0.25) is 24.3 Å². The van der Waals surface area contributed by atoms with E-state index in [-0.39, 0.29) is 35.8 Å². The van der Waals surface area contributed by atoms with E-state index >= 15 is 0 Å². The van der Waals surface area contributed by atoms with Gasteiger partial charge in [0.25, 0.3) is 5.69 Å². The molecule has 37 heavy (non-hydrogen) atoms. The smallest absolute Gasteiger partial charge is 0.351 e. The number of hydrogen-bond donors (Lipinski definition) is 3. The minimum absolute atomic E-state index is 0.00328. The number of carbonyl (C=O) groups excluding carboxylic acids is 2. The van der Waals surface area contributed by atoms with Gasteiger partial charge in [0.2, 0.25) is 5.91 Å². The number of rotatable bonds is 9. The molecule has 1 fully saturated rings. The second-order valence-corrected chi connectivity index (χ2v) is 8.51. The molecular weight excluding hydrogens is 484 g/mol. The molecule has 1 saturated heterocycles. The van der Waals surface area contributed by atoms with E-state index in [2.05, 4.69) is 10.3 Å². The van der Waals surface area contributed by atoms with Crippen molar-refractivity contribution < 1.29 is 29.5 Å². The van der Waals surface area contributed by atoms with Crippen LogP contribution in [0, 0.1) is 10.1 Å². The van der Waals surface area contributed by atoms with Gasteiger partial charge in [0.1, 0.15) is 24.3 Å². The fraction of sp³-hybridized carbons (Fsp3) is 0.280. The number of aliphatic hydroxyl groups is 2. The van der Waals surface area contributed by atoms with Gasteiger partial charge in [-0.05, 0) is 30.2 Å². The van der Waals surface area contributed by atoms with Crippen LogP contribution in [-0.4, -0.2) is 54.7 Å². The predicted octanol–water partition coefficient (Wildman–Crippen LogP) is 1.61. The number of aliphatic hydroxyl groups excluding tert-OH is 2. The van der Waals surface area contributed by atoms with E-state index in [1.54, 1.807) is 0 Å². The van der Waals surface area contributed by atoms with Crippen molar-refractivity contribution in [3.05, 3.63) is 98.6 Å². The first-order valence-corrected chi connectivity index (χ1v) is 11.5. The average molecular weight is 508 g/mol. The molecule has 1 aliphatic heterocycles. The fourth-order valence-electron chi connectivity index (χ4n) is 4.01. The first-order chi connectivity index (χ1) is 17.7. The maximum atomic E-state index is 12.6. The van der Waals surface area contributed by atoms with Gasteiger partial charge in [0.15, 0.2) is 5.78 Å². The van der Waals surface area contributed by atoms with Crippen LogP contribution in [0.5, 0.6) is 0 Å². The molecule has 4 atom stereocenters. The van der Waals surface area contributed by atoms with Gasteiger partial charge < -0.3 is 20.3 Å². The molecule has 0 spiro atoms. The summed E-state index contributed by atoms with van der Waals surface area (Å²) in [5.74, 6) is -1.05. The predicted molar refractivity (Wildman–Crippen MR) is 130 cm³/mol. The van der Waals surface area contributed by atoms with Gasteiger partial charge in [-0.1, -0.05) is 30.3 Å². The number of hydrogen-bond acceptors (Lipinski definition) is 9. The third kappa shape index (κ3) is 6.12. The normalized spacial score (nSPS) is 19.8. The van der Waals surface area contributed by atoms with Crippen LogP contribution in [0.3, 0.4) is 0 Å². The highest BCUT2D eigenvalue weighted by atomic mass is 16.6. The lowest BCUT2D eigenvalue weighted by Crippen LogP contribution is -2.40. The summed E-state index contributed by atoms with van der Waals surface area (Å²) >= 11 is 0. The third-order valence-corrected chi connectivity index (χ3v) is 5.97. The zero-order chi connectivity index (χ0) is 26.5. The number of nitro benzene ring substituents is 1. The zero-order valence-electron chi connectivity index (χ0n) is 19.5. The van der Waals surface area contributed by atoms with Crippen LogP contribution in [0.1, 0.15) is 35.0 Å². The molecule has 12 heteroatoms. The standard InChI is InChI=1S/C25H24N4O8/c30-18-14-21(37-24(18)23(33)22(32)16-7-9-17(10-8-16)29(35)36)28-13-12-19(27-25(28)34)26-20(31)11-6-15-4-2-1-3-5-15/h1-5,7-10,12-13,18,21,23-24,30,33H,6,11,14H2,(H,26,27,31,34)/t18-,21+,23?,24-/m0/s1. The SMILES string of the molecule is O=C(CCc1ccccc1)Nc1ccn([C@H]2C[C@H](O)[C@@H](C(O)C(=O)c3ccc([N+](=O)[O-])cc3)O2)c(=O)n1. The number of ketones is 1. The monoisotopic (exact) mass is 508 g/mol. The van der Waals surface area contributed by atoms with Crippen molar-refractivity contribution in [1.82, 2.24) is 9.55 Å². The van der Waals surface area contributed by atoms with Crippen LogP contribution in [0.4, 0.5) is 11.5 Å². The number of non-ortho nitro benzene ring substituents is 1. The number of nitrogens with one attached hydrogen (secondary N) is 1. The Morgan fingerprint density at radius 1 is 1.16 bits per heavy atom. The summed E-state index contributed by atoms with van der Waals surface area (Å²) < 4.78 is 6.71. The second kappa shape index (κ2) is 11.2. The molecule has 4 rings (SSSR count). The summed E-state index contributed by atoms with van der Waals surface area (Å²) in [6.07, 6.45) is -3.42. The zero-order valence-corrected chi connectivity index (χ0v) is 19.5. The minimum atomic E-state index is -1.77. The minimum Gasteiger partial charge on any atom is -0.390 e. The average Bonchev–Trinajstić information content (AvgIpc) is 3.28. The van der Waals surface area contributed by atoms with Crippen LogP contribution >= 0.6 is 0 Å². The molecule has 0 saturated carbocycles. The summed E-state index contributed by atoms with van der Waals surface area (Å²) in [6, 6.07) is 15.5. The van der Waals surface area contributed by atoms with Gasteiger partial charge >= 0.3 is 5.69 Å². The van der Waals surface area contributed by atoms with E-state index in [0.29, 0.717) is 6.42 Å². The molecule has 3 aromatic rings. The molecule has 0 aliphatic carbocycles. The Hall–Kier alpha value is -4.26. The number of anilines is 1. The summed E-state index contributed by atoms with van der Waals surface area (Å²) in [6.45, 7) is 0. The second-order valence-electron chi connectivity index (χ2n) is 8.51. The van der Waals surface area contributed by atoms with Crippen molar-refractivity contribution in [2.24, 2.45) is 0 Å². The van der Waals surface area contributed by atoms with Crippen LogP contribution in [0.15, 0.2) is 71.7 Å².